The van der Waals surface area contributed by atoms with Crippen LogP contribution < -0.4 is 11.1 Å². The van der Waals surface area contributed by atoms with E-state index in [4.69, 9.17) is 10.8 Å². The number of nitrogens with one attached hydrogen (secondary N) is 1. The molecule has 0 saturated heterocycles. The molecule has 11 heavy (non-hydrogen) atoms. The monoisotopic (exact) mass is 196 g/mol. The van der Waals surface area contributed by atoms with Crippen LogP contribution in [0.25, 0.3) is 0 Å². The van der Waals surface area contributed by atoms with E-state index < -0.39 is 0 Å². The molecule has 0 heterocycles. The highest BCUT2D eigenvalue weighted by Crippen LogP contribution is 1.71. The summed E-state index contributed by atoms with van der Waals surface area (Å²) in [5.41, 5.74) is 4.71. The lowest BCUT2D eigenvalue weighted by atomic mass is 10.4. The Balaban J connectivity index is 0. The highest BCUT2D eigenvalue weighted by molar-refractivity contribution is 8.10. The van der Waals surface area contributed by atoms with Crippen molar-refractivity contribution in [2.24, 2.45) is 5.73 Å². The predicted octanol–water partition coefficient (Wildman–Crippen LogP) is 0.137. The van der Waals surface area contributed by atoms with Gasteiger partial charge in [0, 0.05) is 12.6 Å². The van der Waals surface area contributed by atoms with Crippen molar-refractivity contribution < 1.29 is 5.11 Å². The first-order valence-corrected chi connectivity index (χ1v) is 4.19. The van der Waals surface area contributed by atoms with Crippen molar-refractivity contribution in [3.63, 3.8) is 0 Å². The average Bonchev–Trinajstić information content (AvgIpc) is 1.82. The number of aliphatic hydroxyl groups excluding tert-OH is 1. The number of hydrogen-bond acceptors (Lipinski definition) is 3. The van der Waals surface area contributed by atoms with E-state index in [0.29, 0.717) is 12.6 Å². The largest absolute Gasteiger partial charge is 0.395 e. The maximum atomic E-state index is 8.25. The maximum Gasteiger partial charge on any atom is 0.128 e. The summed E-state index contributed by atoms with van der Waals surface area (Å²) in [5, 5.41) is 11.3. The molecule has 0 fully saturated rings. The maximum absolute atomic E-state index is 8.25. The third-order valence-electron chi connectivity index (χ3n) is 0.664. The number of thiocarbonyl (C=S) groups is 1. The number of nitrogens with two attached hydrogens (primary N) is 1. The van der Waals surface area contributed by atoms with Crippen molar-refractivity contribution in [2.75, 3.05) is 13.2 Å². The van der Waals surface area contributed by atoms with Gasteiger partial charge < -0.3 is 16.2 Å². The molecule has 0 aromatic carbocycles. The van der Waals surface area contributed by atoms with E-state index >= 15 is 0 Å². The zero-order valence-corrected chi connectivity index (χ0v) is 8.58. The van der Waals surface area contributed by atoms with Gasteiger partial charge in [-0.2, -0.15) is 0 Å². The lowest BCUT2D eigenvalue weighted by Crippen LogP contribution is -2.25. The van der Waals surface area contributed by atoms with Gasteiger partial charge in [0.15, 0.2) is 0 Å². The van der Waals surface area contributed by atoms with Crippen LogP contribution in [0.2, 0.25) is 0 Å². The molecule has 0 aromatic heterocycles. The number of rotatable bonds is 3. The fraction of sp³-hybridized carbons (Fsp3) is 0.833. The third-order valence-corrected chi connectivity index (χ3v) is 0.664. The van der Waals surface area contributed by atoms with E-state index in [1.165, 1.54) is 0 Å². The molecule has 0 unspecified atom stereocenters. The van der Waals surface area contributed by atoms with Gasteiger partial charge in [0.1, 0.15) is 4.32 Å². The van der Waals surface area contributed by atoms with Gasteiger partial charge in [-0.25, -0.2) is 0 Å². The molecular weight excluding hydrogens is 180 g/mol. The molecule has 3 nitrogen and oxygen atoms in total. The highest BCUT2D eigenvalue weighted by atomic mass is 32.1. The number of thiol groups is 1. The van der Waals surface area contributed by atoms with Crippen molar-refractivity contribution in [2.45, 2.75) is 19.9 Å². The van der Waals surface area contributed by atoms with Crippen LogP contribution in [0.4, 0.5) is 0 Å². The molecule has 0 radical (unpaired) electrons. The van der Waals surface area contributed by atoms with Gasteiger partial charge in [0.2, 0.25) is 0 Å². The molecule has 0 aromatic rings. The minimum absolute atomic E-state index is 0.194. The van der Waals surface area contributed by atoms with Gasteiger partial charge in [-0.15, -0.1) is 12.6 Å². The fourth-order valence-corrected chi connectivity index (χ4v) is 0.353. The van der Waals surface area contributed by atoms with Gasteiger partial charge in [0.05, 0.1) is 6.61 Å². The minimum Gasteiger partial charge on any atom is -0.395 e. The predicted molar refractivity (Wildman–Crippen MR) is 56.0 cm³/mol. The molecule has 0 aliphatic heterocycles. The first-order chi connectivity index (χ1) is 5.00. The summed E-state index contributed by atoms with van der Waals surface area (Å²) in [6.45, 7) is 5.04. The minimum atomic E-state index is 0.194. The second kappa shape index (κ2) is 10.2. The average molecular weight is 196 g/mol. The second-order valence-corrected chi connectivity index (χ2v) is 3.39. The Hall–Kier alpha value is 0.160. The van der Waals surface area contributed by atoms with Gasteiger partial charge in [-0.3, -0.25) is 0 Å². The molecule has 0 rings (SSSR count). The summed E-state index contributed by atoms with van der Waals surface area (Å²) >= 11 is 7.65. The topological polar surface area (TPSA) is 58.3 Å². The summed E-state index contributed by atoms with van der Waals surface area (Å²) in [6.07, 6.45) is 0. The zero-order chi connectivity index (χ0) is 9.28. The zero-order valence-electron chi connectivity index (χ0n) is 6.87. The van der Waals surface area contributed by atoms with Crippen LogP contribution in [-0.2, 0) is 0 Å². The second-order valence-electron chi connectivity index (χ2n) is 2.17. The lowest BCUT2D eigenvalue weighted by Gasteiger charge is -2.03. The van der Waals surface area contributed by atoms with Crippen LogP contribution in [0.15, 0.2) is 0 Å². The molecule has 68 valence electrons. The molecule has 5 heteroatoms. The Labute approximate surface area is 78.8 Å². The smallest absolute Gasteiger partial charge is 0.128 e. The van der Waals surface area contributed by atoms with Crippen LogP contribution in [0, 0.1) is 0 Å². The molecule has 0 spiro atoms. The van der Waals surface area contributed by atoms with Crippen LogP contribution in [0.3, 0.4) is 0 Å². The summed E-state index contributed by atoms with van der Waals surface area (Å²) in [6, 6.07) is 0.493. The molecule has 0 saturated carbocycles. The van der Waals surface area contributed by atoms with Crippen molar-refractivity contribution >= 4 is 29.2 Å². The van der Waals surface area contributed by atoms with Crippen LogP contribution in [0.5, 0.6) is 0 Å². The molecular formula is C6H16N2OS2. The summed E-state index contributed by atoms with van der Waals surface area (Å²) < 4.78 is 0.194. The van der Waals surface area contributed by atoms with Crippen LogP contribution in [-0.4, -0.2) is 28.6 Å². The van der Waals surface area contributed by atoms with Gasteiger partial charge in [0.25, 0.3) is 0 Å². The van der Waals surface area contributed by atoms with Crippen LogP contribution >= 0.6 is 24.8 Å². The van der Waals surface area contributed by atoms with E-state index in [9.17, 15) is 0 Å². The molecule has 0 aliphatic rings. The summed E-state index contributed by atoms with van der Waals surface area (Å²) in [4.78, 5) is 0. The van der Waals surface area contributed by atoms with Gasteiger partial charge in [-0.1, -0.05) is 26.1 Å². The van der Waals surface area contributed by atoms with Crippen molar-refractivity contribution in [1.82, 2.24) is 5.32 Å². The van der Waals surface area contributed by atoms with Crippen molar-refractivity contribution in [3.05, 3.63) is 0 Å². The lowest BCUT2D eigenvalue weighted by molar-refractivity contribution is 0.287. The third kappa shape index (κ3) is 39.1. The van der Waals surface area contributed by atoms with Crippen molar-refractivity contribution in [1.29, 1.82) is 0 Å². The summed E-state index contributed by atoms with van der Waals surface area (Å²) in [5.74, 6) is 0. The SMILES string of the molecule is CC(C)NCCO.NC(=S)S. The normalized spacial score (nSPS) is 8.82. The Morgan fingerprint density at radius 1 is 1.73 bits per heavy atom. The standard InChI is InChI=1S/C5H13NO.CH3NS2/c1-5(2)6-3-4-7;2-1(3)4/h5-7H,3-4H2,1-2H3;(H3,2,3,4). The van der Waals surface area contributed by atoms with Gasteiger partial charge in [-0.05, 0) is 0 Å². The number of hydrogen-bond donors (Lipinski definition) is 4. The first-order valence-electron chi connectivity index (χ1n) is 3.33. The van der Waals surface area contributed by atoms with E-state index in [0.717, 1.165) is 0 Å². The van der Waals surface area contributed by atoms with E-state index in [2.05, 4.69) is 44.0 Å². The first kappa shape index (κ1) is 13.7. The molecule has 0 amide bonds. The Kier molecular flexibility index (Phi) is 12.7. The quantitative estimate of drug-likeness (QED) is 0.383. The molecule has 0 bridgehead atoms. The highest BCUT2D eigenvalue weighted by Gasteiger charge is 1.86. The Morgan fingerprint density at radius 2 is 2.09 bits per heavy atom. The van der Waals surface area contributed by atoms with E-state index in [1.807, 2.05) is 0 Å². The Bertz CT molecular complexity index is 94.6. The molecule has 4 N–H and O–H groups in total. The van der Waals surface area contributed by atoms with E-state index in [1.54, 1.807) is 0 Å². The Morgan fingerprint density at radius 3 is 2.18 bits per heavy atom. The molecule has 0 atom stereocenters. The number of aliphatic hydroxyl groups is 1. The van der Waals surface area contributed by atoms with Crippen LogP contribution in [0.1, 0.15) is 13.8 Å². The molecule has 0 aliphatic carbocycles. The summed E-state index contributed by atoms with van der Waals surface area (Å²) in [7, 11) is 0. The van der Waals surface area contributed by atoms with Gasteiger partial charge >= 0.3 is 0 Å². The van der Waals surface area contributed by atoms with Crippen molar-refractivity contribution in [3.8, 4) is 0 Å². The fourth-order valence-electron chi connectivity index (χ4n) is 0.353. The van der Waals surface area contributed by atoms with E-state index in [-0.39, 0.29) is 10.9 Å².